The molecule has 1 fully saturated rings. The number of rotatable bonds is 5. The van der Waals surface area contributed by atoms with E-state index in [1.165, 1.54) is 19.3 Å². The van der Waals surface area contributed by atoms with Crippen molar-refractivity contribution in [1.82, 2.24) is 15.1 Å². The first-order valence-corrected chi connectivity index (χ1v) is 8.43. The lowest BCUT2D eigenvalue weighted by Crippen LogP contribution is -2.40. The summed E-state index contributed by atoms with van der Waals surface area (Å²) in [5.41, 5.74) is 2.17. The van der Waals surface area contributed by atoms with E-state index in [4.69, 9.17) is 11.6 Å². The first kappa shape index (κ1) is 15.8. The molecule has 0 saturated heterocycles. The summed E-state index contributed by atoms with van der Waals surface area (Å²) in [5.74, 6) is 1.56. The van der Waals surface area contributed by atoms with Crippen molar-refractivity contribution in [1.29, 1.82) is 0 Å². The third-order valence-corrected chi connectivity index (χ3v) is 5.37. The summed E-state index contributed by atoms with van der Waals surface area (Å²) in [6, 6.07) is 0.611. The van der Waals surface area contributed by atoms with Crippen molar-refractivity contribution in [3.8, 4) is 0 Å². The maximum atomic E-state index is 6.47. The van der Waals surface area contributed by atoms with Gasteiger partial charge in [0.05, 0.1) is 16.4 Å². The molecule has 0 amide bonds. The zero-order valence-electron chi connectivity index (χ0n) is 13.2. The third-order valence-electron chi connectivity index (χ3n) is 4.93. The highest BCUT2D eigenvalue weighted by atomic mass is 35.5. The van der Waals surface area contributed by atoms with Crippen LogP contribution in [0.3, 0.4) is 0 Å². The van der Waals surface area contributed by atoms with E-state index < -0.39 is 0 Å². The maximum absolute atomic E-state index is 6.47. The quantitative estimate of drug-likeness (QED) is 0.889. The Balaban J connectivity index is 2.05. The normalized spacial score (nSPS) is 26.9. The molecular formula is C16H28ClN3. The zero-order chi connectivity index (χ0) is 14.7. The molecule has 1 heterocycles. The lowest BCUT2D eigenvalue weighted by Gasteiger charge is -2.34. The van der Waals surface area contributed by atoms with Gasteiger partial charge in [0.25, 0.3) is 0 Å². The minimum atomic E-state index is 0.611. The Bertz CT molecular complexity index is 441. The van der Waals surface area contributed by atoms with Crippen molar-refractivity contribution < 1.29 is 0 Å². The largest absolute Gasteiger partial charge is 0.308 e. The van der Waals surface area contributed by atoms with Crippen LogP contribution in [-0.4, -0.2) is 15.8 Å². The van der Waals surface area contributed by atoms with Crippen LogP contribution in [0.5, 0.6) is 0 Å². The molecule has 1 N–H and O–H groups in total. The molecule has 3 unspecified atom stereocenters. The van der Waals surface area contributed by atoms with E-state index in [1.807, 2.05) is 4.68 Å². The smallest absolute Gasteiger partial charge is 0.0863 e. The molecule has 2 rings (SSSR count). The molecule has 4 heteroatoms. The van der Waals surface area contributed by atoms with Crippen LogP contribution in [0.25, 0.3) is 0 Å². The van der Waals surface area contributed by atoms with E-state index in [9.17, 15) is 0 Å². The van der Waals surface area contributed by atoms with Gasteiger partial charge in [-0.2, -0.15) is 5.10 Å². The standard InChI is InChI=1S/C16H28ClN3/c1-5-13-16(17)15(20(6-2)19-13)10-18-14-9-7-8-11(3)12(14)4/h11-12,14,18H,5-10H2,1-4H3. The highest BCUT2D eigenvalue weighted by Crippen LogP contribution is 2.30. The number of hydrogen-bond donors (Lipinski definition) is 1. The maximum Gasteiger partial charge on any atom is 0.0863 e. The van der Waals surface area contributed by atoms with Gasteiger partial charge in [0.2, 0.25) is 0 Å². The number of nitrogens with one attached hydrogen (secondary N) is 1. The summed E-state index contributed by atoms with van der Waals surface area (Å²) < 4.78 is 2.05. The summed E-state index contributed by atoms with van der Waals surface area (Å²) in [5, 5.41) is 9.17. The van der Waals surface area contributed by atoms with Gasteiger partial charge in [0, 0.05) is 19.1 Å². The Kier molecular flexibility index (Phi) is 5.50. The van der Waals surface area contributed by atoms with Crippen LogP contribution in [0.1, 0.15) is 58.3 Å². The fraction of sp³-hybridized carbons (Fsp3) is 0.812. The van der Waals surface area contributed by atoms with Gasteiger partial charge in [-0.15, -0.1) is 0 Å². The Hall–Kier alpha value is -0.540. The molecule has 0 aromatic carbocycles. The van der Waals surface area contributed by atoms with E-state index in [-0.39, 0.29) is 0 Å². The molecule has 1 aliphatic rings. The number of aryl methyl sites for hydroxylation is 2. The van der Waals surface area contributed by atoms with Crippen LogP contribution in [0.15, 0.2) is 0 Å². The highest BCUT2D eigenvalue weighted by Gasteiger charge is 2.27. The van der Waals surface area contributed by atoms with E-state index in [2.05, 4.69) is 38.1 Å². The predicted octanol–water partition coefficient (Wildman–Crippen LogP) is 4.03. The lowest BCUT2D eigenvalue weighted by molar-refractivity contribution is 0.205. The molecule has 1 aliphatic carbocycles. The highest BCUT2D eigenvalue weighted by molar-refractivity contribution is 6.31. The Morgan fingerprint density at radius 2 is 2.05 bits per heavy atom. The SMILES string of the molecule is CCc1nn(CC)c(CNC2CCCC(C)C2C)c1Cl. The first-order valence-electron chi connectivity index (χ1n) is 8.05. The van der Waals surface area contributed by atoms with E-state index in [0.717, 1.165) is 47.8 Å². The van der Waals surface area contributed by atoms with Crippen LogP contribution in [0.2, 0.25) is 5.02 Å². The number of halogens is 1. The molecule has 1 aromatic rings. The van der Waals surface area contributed by atoms with Gasteiger partial charge in [-0.25, -0.2) is 0 Å². The average molecular weight is 298 g/mol. The summed E-state index contributed by atoms with van der Waals surface area (Å²) in [6.45, 7) is 10.7. The molecule has 20 heavy (non-hydrogen) atoms. The van der Waals surface area contributed by atoms with Crippen molar-refractivity contribution in [3.05, 3.63) is 16.4 Å². The molecule has 3 nitrogen and oxygen atoms in total. The lowest BCUT2D eigenvalue weighted by atomic mass is 9.78. The molecule has 114 valence electrons. The molecule has 0 aliphatic heterocycles. The summed E-state index contributed by atoms with van der Waals surface area (Å²) >= 11 is 6.47. The molecule has 0 bridgehead atoms. The molecule has 3 atom stereocenters. The second kappa shape index (κ2) is 6.95. The zero-order valence-corrected chi connectivity index (χ0v) is 14.0. The average Bonchev–Trinajstić information content (AvgIpc) is 2.76. The fourth-order valence-corrected chi connectivity index (χ4v) is 3.62. The number of aromatic nitrogens is 2. The van der Waals surface area contributed by atoms with Gasteiger partial charge in [-0.1, -0.05) is 45.2 Å². The van der Waals surface area contributed by atoms with Crippen molar-refractivity contribution in [3.63, 3.8) is 0 Å². The van der Waals surface area contributed by atoms with Crippen molar-refractivity contribution in [2.24, 2.45) is 11.8 Å². The molecular weight excluding hydrogens is 270 g/mol. The third kappa shape index (κ3) is 3.20. The monoisotopic (exact) mass is 297 g/mol. The minimum Gasteiger partial charge on any atom is -0.308 e. The minimum absolute atomic E-state index is 0.611. The summed E-state index contributed by atoms with van der Waals surface area (Å²) in [7, 11) is 0. The Labute approximate surface area is 128 Å². The molecule has 1 saturated carbocycles. The van der Waals surface area contributed by atoms with Crippen molar-refractivity contribution in [2.75, 3.05) is 0 Å². The van der Waals surface area contributed by atoms with E-state index in [0.29, 0.717) is 6.04 Å². The van der Waals surface area contributed by atoms with Gasteiger partial charge < -0.3 is 5.32 Å². The van der Waals surface area contributed by atoms with Crippen LogP contribution >= 0.6 is 11.6 Å². The predicted molar refractivity (Wildman–Crippen MR) is 85.1 cm³/mol. The van der Waals surface area contributed by atoms with Gasteiger partial charge in [0.15, 0.2) is 0 Å². The number of nitrogens with zero attached hydrogens (tertiary/aromatic N) is 2. The van der Waals surface area contributed by atoms with Crippen LogP contribution in [0.4, 0.5) is 0 Å². The van der Waals surface area contributed by atoms with E-state index in [1.54, 1.807) is 0 Å². The van der Waals surface area contributed by atoms with Crippen molar-refractivity contribution in [2.45, 2.75) is 72.5 Å². The van der Waals surface area contributed by atoms with E-state index >= 15 is 0 Å². The molecule has 1 aromatic heterocycles. The van der Waals surface area contributed by atoms with Crippen LogP contribution in [0, 0.1) is 11.8 Å². The van der Waals surface area contributed by atoms with Crippen LogP contribution in [-0.2, 0) is 19.5 Å². The summed E-state index contributed by atoms with van der Waals surface area (Å²) in [4.78, 5) is 0. The van der Waals surface area contributed by atoms with Crippen LogP contribution < -0.4 is 5.32 Å². The van der Waals surface area contributed by atoms with Gasteiger partial charge in [-0.3, -0.25) is 4.68 Å². The first-order chi connectivity index (χ1) is 9.58. The van der Waals surface area contributed by atoms with Gasteiger partial charge in [0.1, 0.15) is 0 Å². The summed E-state index contributed by atoms with van der Waals surface area (Å²) in [6.07, 6.45) is 4.89. The van der Waals surface area contributed by atoms with Gasteiger partial charge in [-0.05, 0) is 31.6 Å². The van der Waals surface area contributed by atoms with Crippen molar-refractivity contribution >= 4 is 11.6 Å². The second-order valence-corrected chi connectivity index (χ2v) is 6.51. The Morgan fingerprint density at radius 1 is 1.30 bits per heavy atom. The number of hydrogen-bond acceptors (Lipinski definition) is 2. The fourth-order valence-electron chi connectivity index (χ4n) is 3.28. The molecule has 0 radical (unpaired) electrons. The van der Waals surface area contributed by atoms with Gasteiger partial charge >= 0.3 is 0 Å². The Morgan fingerprint density at radius 3 is 2.70 bits per heavy atom. The topological polar surface area (TPSA) is 29.9 Å². The molecule has 0 spiro atoms. The second-order valence-electron chi connectivity index (χ2n) is 6.13.